The number of rotatable bonds is 5. The van der Waals surface area contributed by atoms with Crippen molar-refractivity contribution in [2.24, 2.45) is 0 Å². The van der Waals surface area contributed by atoms with E-state index in [9.17, 15) is 9.18 Å². The molecule has 0 radical (unpaired) electrons. The molecule has 0 fully saturated rings. The second-order valence-electron chi connectivity index (χ2n) is 4.79. The molecule has 0 aliphatic heterocycles. The summed E-state index contributed by atoms with van der Waals surface area (Å²) in [7, 11) is 0. The van der Waals surface area contributed by atoms with Gasteiger partial charge in [-0.3, -0.25) is 9.78 Å². The molecule has 2 rings (SSSR count). The quantitative estimate of drug-likeness (QED) is 0.883. The minimum atomic E-state index is -0.449. The first-order valence-corrected chi connectivity index (χ1v) is 6.87. The first-order valence-electron chi connectivity index (χ1n) is 6.87. The average molecular weight is 287 g/mol. The highest BCUT2D eigenvalue weighted by atomic mass is 19.1. The van der Waals surface area contributed by atoms with Crippen LogP contribution in [0.2, 0.25) is 0 Å². The fourth-order valence-electron chi connectivity index (χ4n) is 1.90. The van der Waals surface area contributed by atoms with Crippen LogP contribution in [-0.2, 0) is 0 Å². The molecule has 1 heterocycles. The van der Waals surface area contributed by atoms with Gasteiger partial charge in [0.1, 0.15) is 5.82 Å². The van der Waals surface area contributed by atoms with Gasteiger partial charge in [0.05, 0.1) is 16.9 Å². The SMILES string of the molecule is CCCNc1ccncc1C(=O)Nc1ccc(C)cc1F. The van der Waals surface area contributed by atoms with Gasteiger partial charge >= 0.3 is 0 Å². The first-order chi connectivity index (χ1) is 10.1. The van der Waals surface area contributed by atoms with E-state index in [-0.39, 0.29) is 11.6 Å². The van der Waals surface area contributed by atoms with Crippen LogP contribution in [0.25, 0.3) is 0 Å². The molecule has 0 atom stereocenters. The van der Waals surface area contributed by atoms with Gasteiger partial charge in [-0.15, -0.1) is 0 Å². The third-order valence-corrected chi connectivity index (χ3v) is 3.00. The Bertz CT molecular complexity index is 643. The Balaban J connectivity index is 2.20. The zero-order chi connectivity index (χ0) is 15.2. The molecular formula is C16H18FN3O. The van der Waals surface area contributed by atoms with E-state index >= 15 is 0 Å². The van der Waals surface area contributed by atoms with Gasteiger partial charge in [-0.1, -0.05) is 13.0 Å². The van der Waals surface area contributed by atoms with Crippen molar-refractivity contribution < 1.29 is 9.18 Å². The lowest BCUT2D eigenvalue weighted by Crippen LogP contribution is -2.16. The lowest BCUT2D eigenvalue weighted by atomic mass is 10.2. The third-order valence-electron chi connectivity index (χ3n) is 3.00. The number of nitrogens with zero attached hydrogens (tertiary/aromatic N) is 1. The summed E-state index contributed by atoms with van der Waals surface area (Å²) in [5.74, 6) is -0.834. The molecule has 0 spiro atoms. The maximum absolute atomic E-state index is 13.8. The van der Waals surface area contributed by atoms with Crippen molar-refractivity contribution in [2.75, 3.05) is 17.2 Å². The Morgan fingerprint density at radius 2 is 2.10 bits per heavy atom. The van der Waals surface area contributed by atoms with E-state index in [1.165, 1.54) is 12.3 Å². The largest absolute Gasteiger partial charge is 0.384 e. The summed E-state index contributed by atoms with van der Waals surface area (Å²) in [6, 6.07) is 6.42. The van der Waals surface area contributed by atoms with Crippen molar-refractivity contribution >= 4 is 17.3 Å². The van der Waals surface area contributed by atoms with E-state index in [1.807, 2.05) is 6.92 Å². The standard InChI is InChI=1S/C16H18FN3O/c1-3-7-19-14-6-8-18-10-12(14)16(21)20-15-5-4-11(2)9-13(15)17/h4-6,8-10H,3,7H2,1-2H3,(H,18,19)(H,20,21). The zero-order valence-electron chi connectivity index (χ0n) is 12.1. The van der Waals surface area contributed by atoms with Gasteiger partial charge in [-0.2, -0.15) is 0 Å². The number of nitrogens with one attached hydrogen (secondary N) is 2. The molecule has 0 saturated carbocycles. The number of carbonyl (C=O) groups is 1. The number of benzene rings is 1. The number of amides is 1. The number of carbonyl (C=O) groups excluding carboxylic acids is 1. The van der Waals surface area contributed by atoms with Gasteiger partial charge in [-0.05, 0) is 37.1 Å². The molecule has 1 amide bonds. The summed E-state index contributed by atoms with van der Waals surface area (Å²) in [5, 5.41) is 5.74. The predicted octanol–water partition coefficient (Wildman–Crippen LogP) is 3.60. The molecule has 4 nitrogen and oxygen atoms in total. The zero-order valence-corrected chi connectivity index (χ0v) is 12.1. The van der Waals surface area contributed by atoms with Gasteiger partial charge in [-0.25, -0.2) is 4.39 Å². The molecule has 2 N–H and O–H groups in total. The maximum atomic E-state index is 13.8. The van der Waals surface area contributed by atoms with Crippen LogP contribution in [-0.4, -0.2) is 17.4 Å². The molecule has 110 valence electrons. The highest BCUT2D eigenvalue weighted by Crippen LogP contribution is 2.19. The summed E-state index contributed by atoms with van der Waals surface area (Å²) in [6.45, 7) is 4.58. The van der Waals surface area contributed by atoms with Crippen LogP contribution < -0.4 is 10.6 Å². The van der Waals surface area contributed by atoms with E-state index in [4.69, 9.17) is 0 Å². The molecule has 5 heteroatoms. The Morgan fingerprint density at radius 3 is 2.81 bits per heavy atom. The minimum Gasteiger partial charge on any atom is -0.384 e. The number of aryl methyl sites for hydroxylation is 1. The van der Waals surface area contributed by atoms with Gasteiger partial charge in [0.25, 0.3) is 5.91 Å². The molecule has 1 aromatic carbocycles. The highest BCUT2D eigenvalue weighted by molar-refractivity contribution is 6.07. The van der Waals surface area contributed by atoms with Crippen molar-refractivity contribution in [1.82, 2.24) is 4.98 Å². The Hall–Kier alpha value is -2.43. The molecule has 21 heavy (non-hydrogen) atoms. The molecule has 1 aromatic heterocycles. The number of hydrogen-bond acceptors (Lipinski definition) is 3. The Labute approximate surface area is 123 Å². The molecule has 0 saturated heterocycles. The summed E-state index contributed by atoms with van der Waals surface area (Å²) in [4.78, 5) is 16.2. The molecule has 0 bridgehead atoms. The van der Waals surface area contributed by atoms with E-state index in [1.54, 1.807) is 31.3 Å². The Morgan fingerprint density at radius 1 is 1.29 bits per heavy atom. The minimum absolute atomic E-state index is 0.163. The van der Waals surface area contributed by atoms with E-state index in [2.05, 4.69) is 15.6 Å². The number of hydrogen-bond donors (Lipinski definition) is 2. The molecular weight excluding hydrogens is 269 g/mol. The van der Waals surface area contributed by atoms with E-state index < -0.39 is 5.82 Å². The summed E-state index contributed by atoms with van der Waals surface area (Å²) in [5.41, 5.74) is 2.05. The number of pyridine rings is 1. The normalized spacial score (nSPS) is 10.2. The number of anilines is 2. The second kappa shape index (κ2) is 6.83. The molecule has 2 aromatic rings. The smallest absolute Gasteiger partial charge is 0.259 e. The molecule has 0 aliphatic carbocycles. The fraction of sp³-hybridized carbons (Fsp3) is 0.250. The van der Waals surface area contributed by atoms with Crippen LogP contribution in [0, 0.1) is 12.7 Å². The van der Waals surface area contributed by atoms with Crippen molar-refractivity contribution in [3.8, 4) is 0 Å². The van der Waals surface area contributed by atoms with Crippen molar-refractivity contribution in [3.63, 3.8) is 0 Å². The highest BCUT2D eigenvalue weighted by Gasteiger charge is 2.13. The summed E-state index contributed by atoms with van der Waals surface area (Å²) >= 11 is 0. The van der Waals surface area contributed by atoms with Crippen molar-refractivity contribution in [1.29, 1.82) is 0 Å². The lowest BCUT2D eigenvalue weighted by molar-refractivity contribution is 0.102. The van der Waals surface area contributed by atoms with Crippen LogP contribution in [0.15, 0.2) is 36.7 Å². The average Bonchev–Trinajstić information content (AvgIpc) is 2.48. The first kappa shape index (κ1) is 15.0. The number of aromatic nitrogens is 1. The fourth-order valence-corrected chi connectivity index (χ4v) is 1.90. The van der Waals surface area contributed by atoms with Crippen LogP contribution in [0.5, 0.6) is 0 Å². The monoisotopic (exact) mass is 287 g/mol. The van der Waals surface area contributed by atoms with Crippen LogP contribution >= 0.6 is 0 Å². The van der Waals surface area contributed by atoms with Crippen LogP contribution in [0.3, 0.4) is 0 Å². The van der Waals surface area contributed by atoms with Crippen molar-refractivity contribution in [3.05, 3.63) is 53.6 Å². The molecule has 0 aliphatic rings. The Kier molecular flexibility index (Phi) is 4.87. The summed E-state index contributed by atoms with van der Waals surface area (Å²) in [6.07, 6.45) is 4.02. The van der Waals surface area contributed by atoms with Gasteiger partial charge < -0.3 is 10.6 Å². The summed E-state index contributed by atoms with van der Waals surface area (Å²) < 4.78 is 13.8. The van der Waals surface area contributed by atoms with E-state index in [0.29, 0.717) is 11.3 Å². The molecule has 0 unspecified atom stereocenters. The second-order valence-corrected chi connectivity index (χ2v) is 4.79. The van der Waals surface area contributed by atoms with Gasteiger partial charge in [0.15, 0.2) is 0 Å². The van der Waals surface area contributed by atoms with Gasteiger partial charge in [0, 0.05) is 18.9 Å². The third kappa shape index (κ3) is 3.78. The maximum Gasteiger partial charge on any atom is 0.259 e. The van der Waals surface area contributed by atoms with Gasteiger partial charge in [0.2, 0.25) is 0 Å². The van der Waals surface area contributed by atoms with E-state index in [0.717, 1.165) is 18.5 Å². The number of halogens is 1. The lowest BCUT2D eigenvalue weighted by Gasteiger charge is -2.11. The predicted molar refractivity (Wildman–Crippen MR) is 82.1 cm³/mol. The van der Waals surface area contributed by atoms with Crippen LogP contribution in [0.1, 0.15) is 29.3 Å². The topological polar surface area (TPSA) is 54.0 Å². The van der Waals surface area contributed by atoms with Crippen molar-refractivity contribution in [2.45, 2.75) is 20.3 Å². The van der Waals surface area contributed by atoms with Crippen LogP contribution in [0.4, 0.5) is 15.8 Å².